The first-order valence-electron chi connectivity index (χ1n) is 8.05. The van der Waals surface area contributed by atoms with E-state index in [1.54, 1.807) is 19.1 Å². The van der Waals surface area contributed by atoms with Gasteiger partial charge in [-0.3, -0.25) is 0 Å². The highest BCUT2D eigenvalue weighted by Gasteiger charge is 2.23. The number of aliphatic hydroxyl groups is 1. The topological polar surface area (TPSA) is 56.7 Å². The molecule has 0 aliphatic rings. The largest absolute Gasteiger partial charge is 0.383 e. The zero-order chi connectivity index (χ0) is 17.4. The van der Waals surface area contributed by atoms with Crippen molar-refractivity contribution in [3.63, 3.8) is 0 Å². The summed E-state index contributed by atoms with van der Waals surface area (Å²) >= 11 is 1.51. The Balaban J connectivity index is 1.92. The van der Waals surface area contributed by atoms with E-state index in [2.05, 4.69) is 15.6 Å². The molecule has 1 aromatic carbocycles. The Labute approximate surface area is 146 Å². The van der Waals surface area contributed by atoms with E-state index in [4.69, 9.17) is 0 Å². The molecule has 0 spiro atoms. The highest BCUT2D eigenvalue weighted by atomic mass is 32.1. The normalized spacial score (nSPS) is 14.2. The summed E-state index contributed by atoms with van der Waals surface area (Å²) in [4.78, 5) is 5.33. The summed E-state index contributed by atoms with van der Waals surface area (Å²) in [6.45, 7) is 5.26. The summed E-state index contributed by atoms with van der Waals surface area (Å²) in [6, 6.07) is 10.6. The van der Waals surface area contributed by atoms with E-state index in [1.807, 2.05) is 30.5 Å². The second-order valence-corrected chi connectivity index (χ2v) is 6.66. The molecular formula is C18H24FN3OS. The third kappa shape index (κ3) is 5.32. The zero-order valence-electron chi connectivity index (χ0n) is 14.1. The predicted molar refractivity (Wildman–Crippen MR) is 98.0 cm³/mol. The Bertz CT molecular complexity index is 656. The number of rotatable bonds is 7. The van der Waals surface area contributed by atoms with Crippen molar-refractivity contribution < 1.29 is 9.50 Å². The second kappa shape index (κ2) is 8.80. The van der Waals surface area contributed by atoms with Gasteiger partial charge < -0.3 is 15.7 Å². The van der Waals surface area contributed by atoms with Crippen LogP contribution >= 0.6 is 11.3 Å². The van der Waals surface area contributed by atoms with Crippen LogP contribution in [0, 0.1) is 5.82 Å². The lowest BCUT2D eigenvalue weighted by Crippen LogP contribution is -2.39. The summed E-state index contributed by atoms with van der Waals surface area (Å²) in [6.07, 6.45) is 0.568. The Hall–Kier alpha value is -1.92. The molecule has 130 valence electrons. The number of hydrogen-bond acceptors (Lipinski definition) is 3. The lowest BCUT2D eigenvalue weighted by atomic mass is 10.1. The Morgan fingerprint density at radius 2 is 2.04 bits per heavy atom. The molecule has 24 heavy (non-hydrogen) atoms. The lowest BCUT2D eigenvalue weighted by molar-refractivity contribution is 0.0711. The van der Waals surface area contributed by atoms with Gasteiger partial charge in [-0.05, 0) is 43.3 Å². The fourth-order valence-electron chi connectivity index (χ4n) is 2.25. The standard InChI is InChI=1S/C18H24FN3OS/c1-3-20-17(21-11-10-14-7-4-5-8-15(14)19)22-13-18(2,23)16-9-6-12-24-16/h4-9,12,23H,3,10-11,13H2,1-2H3,(H2,20,21,22). The monoisotopic (exact) mass is 349 g/mol. The lowest BCUT2D eigenvalue weighted by Gasteiger charge is -2.20. The highest BCUT2D eigenvalue weighted by molar-refractivity contribution is 7.10. The van der Waals surface area contributed by atoms with Crippen LogP contribution in [0.4, 0.5) is 4.39 Å². The van der Waals surface area contributed by atoms with Crippen LogP contribution in [0.2, 0.25) is 0 Å². The van der Waals surface area contributed by atoms with Gasteiger partial charge >= 0.3 is 0 Å². The molecule has 4 nitrogen and oxygen atoms in total. The van der Waals surface area contributed by atoms with Crippen LogP contribution in [0.3, 0.4) is 0 Å². The van der Waals surface area contributed by atoms with E-state index in [-0.39, 0.29) is 12.4 Å². The van der Waals surface area contributed by atoms with Crippen molar-refractivity contribution in [2.24, 2.45) is 4.99 Å². The first-order chi connectivity index (χ1) is 11.5. The van der Waals surface area contributed by atoms with Gasteiger partial charge in [-0.2, -0.15) is 0 Å². The summed E-state index contributed by atoms with van der Waals surface area (Å²) in [5, 5.41) is 18.8. The second-order valence-electron chi connectivity index (χ2n) is 5.71. The minimum atomic E-state index is -0.998. The third-order valence-electron chi connectivity index (χ3n) is 3.59. The van der Waals surface area contributed by atoms with Crippen molar-refractivity contribution in [1.29, 1.82) is 0 Å². The van der Waals surface area contributed by atoms with Crippen LogP contribution in [0.5, 0.6) is 0 Å². The van der Waals surface area contributed by atoms with E-state index in [0.29, 0.717) is 31.0 Å². The van der Waals surface area contributed by atoms with Gasteiger partial charge in [0.15, 0.2) is 5.96 Å². The number of nitrogens with one attached hydrogen (secondary N) is 2. The van der Waals surface area contributed by atoms with Gasteiger partial charge in [-0.1, -0.05) is 24.3 Å². The Morgan fingerprint density at radius 3 is 2.71 bits per heavy atom. The molecule has 0 saturated heterocycles. The van der Waals surface area contributed by atoms with Crippen LogP contribution in [-0.2, 0) is 12.0 Å². The van der Waals surface area contributed by atoms with Crippen molar-refractivity contribution in [3.05, 3.63) is 58.0 Å². The molecule has 1 atom stereocenters. The number of aliphatic imine (C=N–C) groups is 1. The molecular weight excluding hydrogens is 325 g/mol. The van der Waals surface area contributed by atoms with E-state index in [0.717, 1.165) is 4.88 Å². The maximum absolute atomic E-state index is 13.6. The third-order valence-corrected chi connectivity index (χ3v) is 4.71. The zero-order valence-corrected chi connectivity index (χ0v) is 14.9. The molecule has 0 saturated carbocycles. The van der Waals surface area contributed by atoms with Crippen LogP contribution in [0.15, 0.2) is 46.8 Å². The molecule has 1 unspecified atom stereocenters. The first-order valence-corrected chi connectivity index (χ1v) is 8.93. The smallest absolute Gasteiger partial charge is 0.191 e. The molecule has 2 rings (SSSR count). The van der Waals surface area contributed by atoms with Gasteiger partial charge in [0.2, 0.25) is 0 Å². The molecule has 0 fully saturated rings. The van der Waals surface area contributed by atoms with Crippen LogP contribution in [-0.4, -0.2) is 30.7 Å². The minimum absolute atomic E-state index is 0.193. The quantitative estimate of drug-likeness (QED) is 0.532. The summed E-state index contributed by atoms with van der Waals surface area (Å²) in [7, 11) is 0. The summed E-state index contributed by atoms with van der Waals surface area (Å²) < 4.78 is 13.6. The predicted octanol–water partition coefficient (Wildman–Crippen LogP) is 2.89. The van der Waals surface area contributed by atoms with Gasteiger partial charge in [-0.15, -0.1) is 11.3 Å². The van der Waals surface area contributed by atoms with E-state index >= 15 is 0 Å². The fraction of sp³-hybridized carbons (Fsp3) is 0.389. The van der Waals surface area contributed by atoms with Gasteiger partial charge in [0.25, 0.3) is 0 Å². The molecule has 0 aliphatic heterocycles. The van der Waals surface area contributed by atoms with Gasteiger partial charge in [0.1, 0.15) is 11.4 Å². The SMILES string of the molecule is CCNC(=NCC(C)(O)c1cccs1)NCCc1ccccc1F. The minimum Gasteiger partial charge on any atom is -0.383 e. The Kier molecular flexibility index (Phi) is 6.75. The molecule has 0 aliphatic carbocycles. The van der Waals surface area contributed by atoms with Gasteiger partial charge in [0, 0.05) is 18.0 Å². The molecule has 0 amide bonds. The van der Waals surface area contributed by atoms with Crippen molar-refractivity contribution in [3.8, 4) is 0 Å². The van der Waals surface area contributed by atoms with Crippen molar-refractivity contribution in [2.75, 3.05) is 19.6 Å². The van der Waals surface area contributed by atoms with Gasteiger partial charge in [0.05, 0.1) is 6.54 Å². The first kappa shape index (κ1) is 18.4. The van der Waals surface area contributed by atoms with Crippen molar-refractivity contribution in [2.45, 2.75) is 25.9 Å². The van der Waals surface area contributed by atoms with Crippen molar-refractivity contribution in [1.82, 2.24) is 10.6 Å². The highest BCUT2D eigenvalue weighted by Crippen LogP contribution is 2.25. The van der Waals surface area contributed by atoms with E-state index < -0.39 is 5.60 Å². The number of nitrogens with zero attached hydrogens (tertiary/aromatic N) is 1. The van der Waals surface area contributed by atoms with Crippen LogP contribution < -0.4 is 10.6 Å². The summed E-state index contributed by atoms with van der Waals surface area (Å²) in [5.41, 5.74) is -0.325. The van der Waals surface area contributed by atoms with Crippen molar-refractivity contribution >= 4 is 17.3 Å². The number of thiophene rings is 1. The molecule has 3 N–H and O–H groups in total. The molecule has 1 aromatic heterocycles. The number of benzene rings is 1. The number of halogens is 1. The molecule has 2 aromatic rings. The maximum atomic E-state index is 13.6. The fourth-order valence-corrected chi connectivity index (χ4v) is 3.03. The molecule has 0 radical (unpaired) electrons. The van der Waals surface area contributed by atoms with Gasteiger partial charge in [-0.25, -0.2) is 9.38 Å². The van der Waals surface area contributed by atoms with Crippen LogP contribution in [0.25, 0.3) is 0 Å². The van der Waals surface area contributed by atoms with E-state index in [1.165, 1.54) is 17.4 Å². The average Bonchev–Trinajstić information content (AvgIpc) is 3.10. The maximum Gasteiger partial charge on any atom is 0.191 e. The number of hydrogen-bond donors (Lipinski definition) is 3. The Morgan fingerprint density at radius 1 is 1.25 bits per heavy atom. The summed E-state index contributed by atoms with van der Waals surface area (Å²) in [5.74, 6) is 0.424. The average molecular weight is 349 g/mol. The molecule has 6 heteroatoms. The molecule has 0 bridgehead atoms. The van der Waals surface area contributed by atoms with Crippen LogP contribution in [0.1, 0.15) is 24.3 Å². The van der Waals surface area contributed by atoms with E-state index in [9.17, 15) is 9.50 Å². The number of guanidine groups is 1. The molecule has 1 heterocycles.